The Balaban J connectivity index is 1.07. The average molecular weight is 641 g/mol. The molecule has 1 unspecified atom stereocenters. The summed E-state index contributed by atoms with van der Waals surface area (Å²) in [6, 6.07) is 22.2. The summed E-state index contributed by atoms with van der Waals surface area (Å²) in [5.74, 6) is 4.80. The zero-order chi connectivity index (χ0) is 32.7. The molecule has 46 heavy (non-hydrogen) atoms. The van der Waals surface area contributed by atoms with Gasteiger partial charge in [0.1, 0.15) is 0 Å². The van der Waals surface area contributed by atoms with Crippen LogP contribution in [0.1, 0.15) is 119 Å². The lowest BCUT2D eigenvalue weighted by Crippen LogP contribution is -2.66. The second-order valence-corrected chi connectivity index (χ2v) is 22.2. The van der Waals surface area contributed by atoms with Crippen LogP contribution in [0.3, 0.4) is 0 Å². The molecule has 0 radical (unpaired) electrons. The maximum absolute atomic E-state index is 10.4. The van der Waals surface area contributed by atoms with Crippen molar-refractivity contribution >= 4 is 18.7 Å². The van der Waals surface area contributed by atoms with E-state index in [1.54, 1.807) is 5.57 Å². The van der Waals surface area contributed by atoms with Crippen LogP contribution in [0.25, 0.3) is 0 Å². The van der Waals surface area contributed by atoms with Crippen LogP contribution in [0.2, 0.25) is 5.04 Å². The molecule has 0 bridgehead atoms. The molecule has 2 aromatic carbocycles. The fraction of sp³-hybridized carbons (Fsp3) is 0.674. The molecule has 0 amide bonds. The second-order valence-electron chi connectivity index (χ2n) is 17.9. The summed E-state index contributed by atoms with van der Waals surface area (Å²) in [6.45, 7) is 18.3. The molecule has 4 aliphatic carbocycles. The molecule has 0 spiro atoms. The quantitative estimate of drug-likeness (QED) is 0.207. The maximum Gasteiger partial charge on any atom is 0.261 e. The van der Waals surface area contributed by atoms with Gasteiger partial charge in [0.2, 0.25) is 0 Å². The van der Waals surface area contributed by atoms with Gasteiger partial charge in [0.25, 0.3) is 8.32 Å². The van der Waals surface area contributed by atoms with Crippen molar-refractivity contribution < 1.29 is 9.53 Å². The molecule has 6 rings (SSSR count). The SMILES string of the molecule is C[C@H](CCC[C@@H](C)[C@H]1CC[C@H]2[C@@H]3CC=C4CC(O)CC[C@]4(C)[C@H]3CC[C@]12C)CO[Si](c1ccccc1)(c1ccccc1)C(C)(C)C. The molecule has 2 nitrogen and oxygen atoms in total. The average Bonchev–Trinajstić information content (AvgIpc) is 3.39. The van der Waals surface area contributed by atoms with E-state index < -0.39 is 8.32 Å². The Kier molecular flexibility index (Phi) is 9.90. The van der Waals surface area contributed by atoms with Gasteiger partial charge < -0.3 is 9.53 Å². The number of hydrogen-bond donors (Lipinski definition) is 1. The molecule has 0 aromatic heterocycles. The van der Waals surface area contributed by atoms with Crippen molar-refractivity contribution in [3.8, 4) is 0 Å². The summed E-state index contributed by atoms with van der Waals surface area (Å²) >= 11 is 0. The lowest BCUT2D eigenvalue weighted by molar-refractivity contribution is -0.0573. The topological polar surface area (TPSA) is 29.5 Å². The van der Waals surface area contributed by atoms with Crippen LogP contribution in [-0.4, -0.2) is 26.1 Å². The van der Waals surface area contributed by atoms with E-state index in [0.717, 1.165) is 49.0 Å². The van der Waals surface area contributed by atoms with Crippen molar-refractivity contribution in [3.63, 3.8) is 0 Å². The Morgan fingerprint density at radius 1 is 0.848 bits per heavy atom. The third-order valence-electron chi connectivity index (χ3n) is 14.2. The number of hydrogen-bond acceptors (Lipinski definition) is 2. The van der Waals surface area contributed by atoms with Gasteiger partial charge in [-0.05, 0) is 120 Å². The van der Waals surface area contributed by atoms with Crippen LogP contribution in [-0.2, 0) is 4.43 Å². The first-order valence-electron chi connectivity index (χ1n) is 19.0. The van der Waals surface area contributed by atoms with Gasteiger partial charge in [-0.1, -0.05) is 134 Å². The fourth-order valence-corrected chi connectivity index (χ4v) is 16.4. The van der Waals surface area contributed by atoms with E-state index in [4.69, 9.17) is 4.43 Å². The summed E-state index contributed by atoms with van der Waals surface area (Å²) in [5, 5.41) is 13.2. The molecule has 0 aliphatic heterocycles. The molecule has 0 saturated heterocycles. The molecule has 3 fully saturated rings. The molecule has 9 atom stereocenters. The summed E-state index contributed by atoms with van der Waals surface area (Å²) in [5.41, 5.74) is 2.46. The van der Waals surface area contributed by atoms with E-state index in [9.17, 15) is 5.11 Å². The number of benzene rings is 2. The van der Waals surface area contributed by atoms with Crippen molar-refractivity contribution in [2.24, 2.45) is 46.3 Å². The first kappa shape index (κ1) is 34.2. The van der Waals surface area contributed by atoms with Gasteiger partial charge in [-0.2, -0.15) is 0 Å². The van der Waals surface area contributed by atoms with Crippen molar-refractivity contribution in [3.05, 3.63) is 72.3 Å². The molecule has 2 aromatic rings. The van der Waals surface area contributed by atoms with Gasteiger partial charge in [-0.25, -0.2) is 0 Å². The van der Waals surface area contributed by atoms with Crippen molar-refractivity contribution in [1.82, 2.24) is 0 Å². The van der Waals surface area contributed by atoms with E-state index in [0.29, 0.717) is 16.7 Å². The number of fused-ring (bicyclic) bond motifs is 5. The van der Waals surface area contributed by atoms with Crippen LogP contribution in [0.4, 0.5) is 0 Å². The normalized spacial score (nSPS) is 34.2. The van der Waals surface area contributed by atoms with Gasteiger partial charge in [0.05, 0.1) is 6.10 Å². The van der Waals surface area contributed by atoms with E-state index in [1.165, 1.54) is 68.2 Å². The molecule has 252 valence electrons. The van der Waals surface area contributed by atoms with Gasteiger partial charge in [-0.3, -0.25) is 0 Å². The molecule has 1 N–H and O–H groups in total. The predicted molar refractivity (Wildman–Crippen MR) is 197 cm³/mol. The Labute approximate surface area is 283 Å². The predicted octanol–water partition coefficient (Wildman–Crippen LogP) is 9.95. The van der Waals surface area contributed by atoms with E-state index >= 15 is 0 Å². The summed E-state index contributed by atoms with van der Waals surface area (Å²) < 4.78 is 7.29. The fourth-order valence-electron chi connectivity index (χ4n) is 11.7. The highest BCUT2D eigenvalue weighted by Gasteiger charge is 2.59. The number of aliphatic hydroxyl groups is 1. The van der Waals surface area contributed by atoms with Crippen molar-refractivity contribution in [2.75, 3.05) is 6.61 Å². The monoisotopic (exact) mass is 640 g/mol. The minimum atomic E-state index is -2.47. The minimum Gasteiger partial charge on any atom is -0.407 e. The Bertz CT molecular complexity index is 1290. The summed E-state index contributed by atoms with van der Waals surface area (Å²) in [7, 11) is -2.47. The van der Waals surface area contributed by atoms with Crippen molar-refractivity contribution in [2.45, 2.75) is 130 Å². The summed E-state index contributed by atoms with van der Waals surface area (Å²) in [4.78, 5) is 0. The zero-order valence-electron chi connectivity index (χ0n) is 30.2. The smallest absolute Gasteiger partial charge is 0.261 e. The zero-order valence-corrected chi connectivity index (χ0v) is 31.2. The Morgan fingerprint density at radius 3 is 2.13 bits per heavy atom. The van der Waals surface area contributed by atoms with E-state index in [1.807, 2.05) is 0 Å². The number of allylic oxidation sites excluding steroid dienone is 1. The van der Waals surface area contributed by atoms with Crippen LogP contribution >= 0.6 is 0 Å². The molecular weight excluding hydrogens is 577 g/mol. The third-order valence-corrected chi connectivity index (χ3v) is 19.2. The van der Waals surface area contributed by atoms with Gasteiger partial charge in [0.15, 0.2) is 0 Å². The Morgan fingerprint density at radius 2 is 1.50 bits per heavy atom. The highest BCUT2D eigenvalue weighted by Crippen LogP contribution is 2.67. The van der Waals surface area contributed by atoms with Crippen molar-refractivity contribution in [1.29, 1.82) is 0 Å². The van der Waals surface area contributed by atoms with Crippen LogP contribution < -0.4 is 10.4 Å². The number of rotatable bonds is 10. The molecule has 0 heterocycles. The first-order valence-corrected chi connectivity index (χ1v) is 20.9. The molecule has 3 saturated carbocycles. The van der Waals surface area contributed by atoms with Gasteiger partial charge in [-0.15, -0.1) is 0 Å². The van der Waals surface area contributed by atoms with E-state index in [2.05, 4.69) is 115 Å². The largest absolute Gasteiger partial charge is 0.407 e. The molecule has 3 heteroatoms. The Hall–Kier alpha value is -1.68. The highest BCUT2D eigenvalue weighted by molar-refractivity contribution is 6.99. The van der Waals surface area contributed by atoms with Gasteiger partial charge in [0, 0.05) is 6.61 Å². The second kappa shape index (κ2) is 13.3. The van der Waals surface area contributed by atoms with Gasteiger partial charge >= 0.3 is 0 Å². The molecular formula is C43H64O2Si. The van der Waals surface area contributed by atoms with Crippen LogP contribution in [0.15, 0.2) is 72.3 Å². The third kappa shape index (κ3) is 6.04. The lowest BCUT2D eigenvalue weighted by Gasteiger charge is -2.58. The highest BCUT2D eigenvalue weighted by atomic mass is 28.4. The standard InChI is InChI=1S/C43H64O2Si/c1-31(30-45-46(41(3,4)5,35-17-10-8-11-18-35)36-19-12-9-13-20-36)15-14-16-32(2)38-23-24-39-37-22-21-33-29-34(44)25-27-42(33,6)40(37)26-28-43(38,39)7/h8-13,17-21,31-32,34,37-40,44H,14-16,22-30H2,1-7H3/t31-,32-,34?,37+,38-,39+,40+,42+,43-/m1/s1. The first-order chi connectivity index (χ1) is 21.9. The minimum absolute atomic E-state index is 0.0305. The molecule has 4 aliphatic rings. The van der Waals surface area contributed by atoms with E-state index in [-0.39, 0.29) is 11.1 Å². The lowest BCUT2D eigenvalue weighted by atomic mass is 9.47. The maximum atomic E-state index is 10.4. The number of aliphatic hydroxyl groups excluding tert-OH is 1. The van der Waals surface area contributed by atoms with Crippen LogP contribution in [0, 0.1) is 46.3 Å². The summed E-state index contributed by atoms with van der Waals surface area (Å²) in [6.07, 6.45) is 16.5. The van der Waals surface area contributed by atoms with Crippen LogP contribution in [0.5, 0.6) is 0 Å².